The normalized spacial score (nSPS) is 5.87. The third-order valence-electron chi connectivity index (χ3n) is 0.366. The fraction of sp³-hybridized carbons (Fsp3) is 0. The number of aliphatic carboxylic acids is 4. The van der Waals surface area contributed by atoms with Crippen molar-refractivity contribution < 1.29 is 78.1 Å². The van der Waals surface area contributed by atoms with Crippen molar-refractivity contribution in [3.05, 3.63) is 0 Å². The maximum atomic E-state index is 9.10. The van der Waals surface area contributed by atoms with Gasteiger partial charge >= 0.3 is 23.9 Å². The first kappa shape index (κ1) is 29.2. The molecule has 0 atom stereocenters. The van der Waals surface area contributed by atoms with Crippen LogP contribution in [-0.2, 0) is 52.2 Å². The Morgan fingerprint density at radius 3 is 0.600 bits per heavy atom. The van der Waals surface area contributed by atoms with Crippen LogP contribution in [-0.4, -0.2) is 49.8 Å². The molecule has 0 aromatic rings. The second kappa shape index (κ2) is 15.3. The fourth-order valence-electron chi connectivity index (χ4n) is 0. The summed E-state index contributed by atoms with van der Waals surface area (Å²) in [4.78, 5) is 36.4. The van der Waals surface area contributed by atoms with E-state index in [4.69, 9.17) is 39.6 Å². The quantitative estimate of drug-likeness (QED) is 0.279. The molecule has 0 saturated carbocycles. The maximum absolute atomic E-state index is 9.10. The summed E-state index contributed by atoms with van der Waals surface area (Å²) in [5, 5.41) is 29.6. The molecule has 0 rings (SSSR count). The Morgan fingerprint density at radius 2 is 0.600 bits per heavy atom. The van der Waals surface area contributed by atoms with Gasteiger partial charge in [0, 0.05) is 33.0 Å². The summed E-state index contributed by atoms with van der Waals surface area (Å²) in [6.07, 6.45) is 0. The van der Waals surface area contributed by atoms with Gasteiger partial charge in [0.1, 0.15) is 0 Å². The Labute approximate surface area is 102 Å². The van der Waals surface area contributed by atoms with Gasteiger partial charge in [-0.2, -0.15) is 0 Å². The van der Waals surface area contributed by atoms with Crippen molar-refractivity contribution in [1.82, 2.24) is 0 Å². The van der Waals surface area contributed by atoms with E-state index in [2.05, 4.69) is 0 Å². The number of hydrogen-bond donors (Lipinski definition) is 4. The van der Waals surface area contributed by atoms with E-state index in [1.807, 2.05) is 0 Å². The van der Waals surface area contributed by atoms with E-state index in [0.29, 0.717) is 0 Å². The summed E-state index contributed by atoms with van der Waals surface area (Å²) < 4.78 is 0. The third-order valence-corrected chi connectivity index (χ3v) is 0.366. The third kappa shape index (κ3) is 32.3. The molecule has 0 aliphatic heterocycles. The van der Waals surface area contributed by atoms with Gasteiger partial charge in [-0.05, 0) is 0 Å². The van der Waals surface area contributed by atoms with Crippen molar-refractivity contribution in [2.45, 2.75) is 0 Å². The minimum Gasteiger partial charge on any atom is -0.473 e. The summed E-state index contributed by atoms with van der Waals surface area (Å²) in [7, 11) is 0. The predicted molar refractivity (Wildman–Crippen MR) is 34.2 cm³/mol. The summed E-state index contributed by atoms with van der Waals surface area (Å²) >= 11 is 0. The van der Waals surface area contributed by atoms with Crippen molar-refractivity contribution in [2.75, 3.05) is 0 Å². The smallest absolute Gasteiger partial charge is 0.414 e. The second-order valence-electron chi connectivity index (χ2n) is 1.22. The average Bonchev–Trinajstić information content (AvgIpc) is 1.88. The van der Waals surface area contributed by atoms with Gasteiger partial charge in [0.15, 0.2) is 0 Å². The molecule has 0 amide bonds. The molecule has 0 unspecified atom stereocenters. The van der Waals surface area contributed by atoms with Gasteiger partial charge < -0.3 is 25.9 Å². The van der Waals surface area contributed by atoms with E-state index in [0.717, 1.165) is 0 Å². The molecule has 0 aliphatic rings. The van der Waals surface area contributed by atoms with E-state index >= 15 is 0 Å². The molecular formula is C4H6Ni2O9. The molecule has 0 aliphatic carbocycles. The van der Waals surface area contributed by atoms with Crippen LogP contribution in [0.5, 0.6) is 0 Å². The van der Waals surface area contributed by atoms with Crippen molar-refractivity contribution >= 4 is 23.9 Å². The first-order valence-corrected chi connectivity index (χ1v) is 2.21. The van der Waals surface area contributed by atoms with Crippen LogP contribution < -0.4 is 0 Å². The largest absolute Gasteiger partial charge is 0.473 e. The first-order chi connectivity index (χ1) is 5.29. The molecule has 15 heavy (non-hydrogen) atoms. The molecular weight excluding hydrogens is 309 g/mol. The minimum absolute atomic E-state index is 0. The molecule has 0 fully saturated rings. The maximum Gasteiger partial charge on any atom is 0.414 e. The minimum atomic E-state index is -1.82. The fourth-order valence-corrected chi connectivity index (χ4v) is 0. The van der Waals surface area contributed by atoms with Gasteiger partial charge in [-0.1, -0.05) is 0 Å². The second-order valence-corrected chi connectivity index (χ2v) is 1.22. The molecule has 9 nitrogen and oxygen atoms in total. The zero-order valence-corrected chi connectivity index (χ0v) is 8.53. The van der Waals surface area contributed by atoms with Gasteiger partial charge in [-0.3, -0.25) is 0 Å². The Balaban J connectivity index is -0.0000000370. The molecule has 0 bridgehead atoms. The first-order valence-electron chi connectivity index (χ1n) is 2.21. The van der Waals surface area contributed by atoms with Crippen LogP contribution in [0.25, 0.3) is 0 Å². The van der Waals surface area contributed by atoms with Crippen LogP contribution in [0.1, 0.15) is 0 Å². The van der Waals surface area contributed by atoms with Gasteiger partial charge in [0.2, 0.25) is 0 Å². The van der Waals surface area contributed by atoms with Gasteiger partial charge in [0.25, 0.3) is 0 Å². The van der Waals surface area contributed by atoms with Crippen molar-refractivity contribution in [1.29, 1.82) is 0 Å². The average molecular weight is 315 g/mol. The van der Waals surface area contributed by atoms with Crippen LogP contribution in [0, 0.1) is 0 Å². The Kier molecular flexibility index (Phi) is 29.8. The summed E-state index contributed by atoms with van der Waals surface area (Å²) in [6, 6.07) is 0. The SMILES string of the molecule is O.O=C(O)C(=O)O.O=C(O)C(=O)O.[Ni].[Ni]. The molecule has 0 aromatic heterocycles. The van der Waals surface area contributed by atoms with Crippen LogP contribution in [0.4, 0.5) is 0 Å². The van der Waals surface area contributed by atoms with Crippen molar-refractivity contribution in [2.24, 2.45) is 0 Å². The van der Waals surface area contributed by atoms with Gasteiger partial charge in [-0.15, -0.1) is 0 Å². The molecule has 96 valence electrons. The zero-order chi connectivity index (χ0) is 10.3. The van der Waals surface area contributed by atoms with Crippen molar-refractivity contribution in [3.8, 4) is 0 Å². The number of carboxylic acids is 4. The Hall–Kier alpha value is -1.17. The molecule has 0 aromatic carbocycles. The van der Waals surface area contributed by atoms with Crippen molar-refractivity contribution in [3.63, 3.8) is 0 Å². The molecule has 11 heteroatoms. The molecule has 0 radical (unpaired) electrons. The Bertz CT molecular complexity index is 176. The predicted octanol–water partition coefficient (Wildman–Crippen LogP) is -2.52. The van der Waals surface area contributed by atoms with E-state index in [9.17, 15) is 0 Å². The zero-order valence-electron chi connectivity index (χ0n) is 6.55. The van der Waals surface area contributed by atoms with E-state index in [1.54, 1.807) is 0 Å². The number of carboxylic acid groups (broad SMARTS) is 4. The standard InChI is InChI=1S/2C2H2O4.2Ni.H2O/c2*3-1(4)2(5)6;;;/h2*(H,3,4)(H,5,6);;;1H2. The van der Waals surface area contributed by atoms with E-state index in [-0.39, 0.29) is 38.5 Å². The molecule has 0 spiro atoms. The molecule has 0 saturated heterocycles. The molecule has 0 heterocycles. The monoisotopic (exact) mass is 314 g/mol. The topological polar surface area (TPSA) is 181 Å². The summed E-state index contributed by atoms with van der Waals surface area (Å²) in [5.41, 5.74) is 0. The summed E-state index contributed by atoms with van der Waals surface area (Å²) in [5.74, 6) is -7.30. The Morgan fingerprint density at radius 1 is 0.533 bits per heavy atom. The van der Waals surface area contributed by atoms with Gasteiger partial charge in [0.05, 0.1) is 0 Å². The number of rotatable bonds is 0. The van der Waals surface area contributed by atoms with Gasteiger partial charge in [-0.25, -0.2) is 19.2 Å². The number of hydrogen-bond acceptors (Lipinski definition) is 4. The van der Waals surface area contributed by atoms with Crippen LogP contribution in [0.2, 0.25) is 0 Å². The summed E-state index contributed by atoms with van der Waals surface area (Å²) in [6.45, 7) is 0. The van der Waals surface area contributed by atoms with Crippen LogP contribution >= 0.6 is 0 Å². The molecule has 6 N–H and O–H groups in total. The van der Waals surface area contributed by atoms with E-state index in [1.165, 1.54) is 0 Å². The number of carbonyl (C=O) groups is 4. The van der Waals surface area contributed by atoms with Crippen LogP contribution in [0.15, 0.2) is 0 Å². The van der Waals surface area contributed by atoms with Crippen LogP contribution in [0.3, 0.4) is 0 Å². The van der Waals surface area contributed by atoms with E-state index < -0.39 is 23.9 Å².